The van der Waals surface area contributed by atoms with Crippen LogP contribution in [0.3, 0.4) is 0 Å². The first-order valence-corrected chi connectivity index (χ1v) is 14.9. The summed E-state index contributed by atoms with van der Waals surface area (Å²) in [7, 11) is -7.43. The van der Waals surface area contributed by atoms with Gasteiger partial charge in [-0.05, 0) is 37.5 Å². The highest BCUT2D eigenvalue weighted by Crippen LogP contribution is 2.54. The number of nitrogens with one attached hydrogen (secondary N) is 2. The van der Waals surface area contributed by atoms with Crippen LogP contribution >= 0.6 is 7.52 Å². The van der Waals surface area contributed by atoms with Crippen LogP contribution in [0.15, 0.2) is 23.0 Å². The van der Waals surface area contributed by atoms with E-state index >= 15 is 0 Å². The Labute approximate surface area is 207 Å². The van der Waals surface area contributed by atoms with E-state index in [1.807, 2.05) is 20.8 Å². The summed E-state index contributed by atoms with van der Waals surface area (Å²) in [6, 6.07) is 4.48. The van der Waals surface area contributed by atoms with Crippen molar-refractivity contribution < 1.29 is 27.7 Å². The van der Waals surface area contributed by atoms with Gasteiger partial charge in [-0.1, -0.05) is 34.6 Å². The van der Waals surface area contributed by atoms with E-state index in [2.05, 4.69) is 28.6 Å². The quantitative estimate of drug-likeness (QED) is 0.375. The number of aromatic nitrogens is 1. The number of amidine groups is 1. The fourth-order valence-electron chi connectivity index (χ4n) is 4.05. The van der Waals surface area contributed by atoms with Crippen LogP contribution in [0.5, 0.6) is 11.6 Å². The SMILES string of the molecule is CCOP1(=O)N=C(c2c(O)c(C(C)(C)C)n(CCC(C)C)c2O)Nc2ccc(NS(C)(=O)=O)cc21. The molecule has 1 unspecified atom stereocenters. The molecule has 1 atom stereocenters. The fraction of sp³-hybridized carbons (Fsp3) is 0.522. The van der Waals surface area contributed by atoms with Crippen molar-refractivity contribution >= 4 is 40.1 Å². The molecule has 1 aromatic carbocycles. The zero-order valence-electron chi connectivity index (χ0n) is 21.2. The normalized spacial score (nSPS) is 18.2. The molecule has 0 saturated heterocycles. The Morgan fingerprint density at radius 1 is 1.26 bits per heavy atom. The Kier molecular flexibility index (Phi) is 7.37. The Bertz CT molecular complexity index is 1310. The zero-order chi connectivity index (χ0) is 26.3. The number of sulfonamides is 1. The molecule has 194 valence electrons. The van der Waals surface area contributed by atoms with Gasteiger partial charge < -0.3 is 24.6 Å². The predicted molar refractivity (Wildman–Crippen MR) is 140 cm³/mol. The van der Waals surface area contributed by atoms with E-state index in [4.69, 9.17) is 4.52 Å². The van der Waals surface area contributed by atoms with Crippen LogP contribution in [0.4, 0.5) is 11.4 Å². The van der Waals surface area contributed by atoms with Crippen LogP contribution in [0.2, 0.25) is 0 Å². The first-order chi connectivity index (χ1) is 16.1. The Morgan fingerprint density at radius 3 is 2.46 bits per heavy atom. The van der Waals surface area contributed by atoms with Crippen molar-refractivity contribution in [1.29, 1.82) is 0 Å². The number of benzene rings is 1. The second kappa shape index (κ2) is 9.52. The molecule has 0 spiro atoms. The molecule has 12 heteroatoms. The van der Waals surface area contributed by atoms with Crippen molar-refractivity contribution in [2.75, 3.05) is 22.9 Å². The van der Waals surface area contributed by atoms with Crippen molar-refractivity contribution in [2.45, 2.75) is 59.9 Å². The van der Waals surface area contributed by atoms with E-state index in [9.17, 15) is 23.2 Å². The summed E-state index contributed by atoms with van der Waals surface area (Å²) < 4.78 is 51.2. The van der Waals surface area contributed by atoms with E-state index < -0.39 is 23.0 Å². The van der Waals surface area contributed by atoms with E-state index in [-0.39, 0.29) is 40.6 Å². The maximum atomic E-state index is 13.9. The molecule has 35 heavy (non-hydrogen) atoms. The van der Waals surface area contributed by atoms with Crippen molar-refractivity contribution in [3.8, 4) is 11.6 Å². The van der Waals surface area contributed by atoms with Crippen molar-refractivity contribution in [2.24, 2.45) is 10.7 Å². The monoisotopic (exact) mass is 526 g/mol. The number of nitrogens with zero attached hydrogens (tertiary/aromatic N) is 2. The van der Waals surface area contributed by atoms with Gasteiger partial charge in [0.25, 0.3) is 0 Å². The van der Waals surface area contributed by atoms with Gasteiger partial charge in [-0.15, -0.1) is 0 Å². The molecule has 2 heterocycles. The van der Waals surface area contributed by atoms with Crippen LogP contribution in [-0.2, 0) is 31.1 Å². The van der Waals surface area contributed by atoms with Gasteiger partial charge in [0.15, 0.2) is 11.6 Å². The highest BCUT2D eigenvalue weighted by Gasteiger charge is 2.38. The maximum absolute atomic E-state index is 13.9. The van der Waals surface area contributed by atoms with E-state index in [1.54, 1.807) is 17.6 Å². The molecule has 3 rings (SSSR count). The molecule has 0 radical (unpaired) electrons. The van der Waals surface area contributed by atoms with Crippen molar-refractivity contribution in [3.05, 3.63) is 29.5 Å². The van der Waals surface area contributed by atoms with Gasteiger partial charge in [0, 0.05) is 17.6 Å². The van der Waals surface area contributed by atoms with E-state index in [1.165, 1.54) is 12.1 Å². The first kappa shape index (κ1) is 27.1. The minimum atomic E-state index is -3.88. The second-order valence-corrected chi connectivity index (χ2v) is 13.8. The Balaban J connectivity index is 2.19. The maximum Gasteiger partial charge on any atom is 0.348 e. The summed E-state index contributed by atoms with van der Waals surface area (Å²) in [5.41, 5.74) is 0.672. The molecule has 10 nitrogen and oxygen atoms in total. The lowest BCUT2D eigenvalue weighted by Gasteiger charge is -2.25. The third kappa shape index (κ3) is 5.68. The van der Waals surface area contributed by atoms with Crippen molar-refractivity contribution in [1.82, 2.24) is 4.57 Å². The average Bonchev–Trinajstić information content (AvgIpc) is 2.95. The van der Waals surface area contributed by atoms with Gasteiger partial charge in [-0.25, -0.2) is 8.42 Å². The van der Waals surface area contributed by atoms with E-state index in [0.29, 0.717) is 23.8 Å². The third-order valence-electron chi connectivity index (χ3n) is 5.48. The summed E-state index contributed by atoms with van der Waals surface area (Å²) >= 11 is 0. The van der Waals surface area contributed by atoms with Crippen LogP contribution in [0.25, 0.3) is 0 Å². The van der Waals surface area contributed by atoms with E-state index in [0.717, 1.165) is 12.7 Å². The fourth-order valence-corrected chi connectivity index (χ4v) is 6.41. The summed E-state index contributed by atoms with van der Waals surface area (Å²) in [5, 5.41) is 25.7. The van der Waals surface area contributed by atoms with Gasteiger partial charge in [0.05, 0.1) is 29.5 Å². The van der Waals surface area contributed by atoms with Crippen LogP contribution in [0, 0.1) is 5.92 Å². The first-order valence-electron chi connectivity index (χ1n) is 11.5. The Hall–Kier alpha value is -2.49. The van der Waals surface area contributed by atoms with Crippen LogP contribution in [0.1, 0.15) is 59.2 Å². The molecule has 4 N–H and O–H groups in total. The topological polar surface area (TPSA) is 142 Å². The van der Waals surface area contributed by atoms with Gasteiger partial charge in [0.2, 0.25) is 15.9 Å². The lowest BCUT2D eigenvalue weighted by molar-refractivity contribution is 0.341. The predicted octanol–water partition coefficient (Wildman–Crippen LogP) is 4.34. The minimum absolute atomic E-state index is 0.0157. The molecule has 0 bridgehead atoms. The summed E-state index contributed by atoms with van der Waals surface area (Å²) in [5.74, 6) is 0.0649. The van der Waals surface area contributed by atoms with Gasteiger partial charge in [-0.3, -0.25) is 9.29 Å². The highest BCUT2D eigenvalue weighted by atomic mass is 32.2. The van der Waals surface area contributed by atoms with Crippen molar-refractivity contribution in [3.63, 3.8) is 0 Å². The molecule has 0 aliphatic carbocycles. The molecule has 2 aromatic rings. The molecule has 0 amide bonds. The summed E-state index contributed by atoms with van der Waals surface area (Å²) in [4.78, 5) is 0. The summed E-state index contributed by atoms with van der Waals surface area (Å²) in [6.45, 7) is 12.2. The molecular weight excluding hydrogens is 491 g/mol. The standard InChI is InChI=1S/C23H35N4O6PS/c1-8-33-34(30)17-13-15(26-35(7,31)32)9-10-16(17)24-21(25-34)18-19(28)20(23(4,5)6)27(22(18)29)12-11-14(2)3/h9-10,13-14,26,28-29H,8,11-12H2,1-7H3,(H,24,25,30). The number of anilines is 2. The van der Waals surface area contributed by atoms with Gasteiger partial charge >= 0.3 is 7.52 Å². The molecule has 0 saturated carbocycles. The number of fused-ring (bicyclic) bond motifs is 1. The number of aromatic hydroxyl groups is 2. The highest BCUT2D eigenvalue weighted by molar-refractivity contribution is 7.92. The average molecular weight is 527 g/mol. The minimum Gasteiger partial charge on any atom is -0.505 e. The Morgan fingerprint density at radius 2 is 1.91 bits per heavy atom. The van der Waals surface area contributed by atoms with Crippen LogP contribution < -0.4 is 15.3 Å². The number of rotatable bonds is 8. The molecule has 1 aromatic heterocycles. The van der Waals surface area contributed by atoms with Crippen LogP contribution in [-0.4, -0.2) is 41.9 Å². The van der Waals surface area contributed by atoms with Gasteiger partial charge in [0.1, 0.15) is 5.56 Å². The molecule has 1 aliphatic rings. The molecular formula is C23H35N4O6PS. The number of hydrogen-bond donors (Lipinski definition) is 4. The number of hydrogen-bond acceptors (Lipinski definition) is 7. The third-order valence-corrected chi connectivity index (χ3v) is 8.14. The second-order valence-electron chi connectivity index (χ2n) is 10.1. The largest absolute Gasteiger partial charge is 0.505 e. The molecule has 0 fully saturated rings. The zero-order valence-corrected chi connectivity index (χ0v) is 22.9. The lowest BCUT2D eigenvalue weighted by atomic mass is 9.91. The molecule has 1 aliphatic heterocycles. The summed E-state index contributed by atoms with van der Waals surface area (Å²) in [6.07, 6.45) is 1.80. The van der Waals surface area contributed by atoms with Gasteiger partial charge in [-0.2, -0.15) is 4.76 Å². The smallest absolute Gasteiger partial charge is 0.348 e. The lowest BCUT2D eigenvalue weighted by Crippen LogP contribution is -2.26.